The summed E-state index contributed by atoms with van der Waals surface area (Å²) in [6.07, 6.45) is 1.23. The maximum Gasteiger partial charge on any atom is 0.240 e. The van der Waals surface area contributed by atoms with Gasteiger partial charge in [0.2, 0.25) is 11.8 Å². The Balaban J connectivity index is 2.42. The highest BCUT2D eigenvalue weighted by molar-refractivity contribution is 5.85. The summed E-state index contributed by atoms with van der Waals surface area (Å²) in [4.78, 5) is 27.8. The van der Waals surface area contributed by atoms with E-state index in [-0.39, 0.29) is 23.9 Å². The topological polar surface area (TPSA) is 52.7 Å². The summed E-state index contributed by atoms with van der Waals surface area (Å²) in [6.45, 7) is 12.7. The number of carbonyl (C=O) groups excluding carboxylic acids is 2. The minimum absolute atomic E-state index is 0.0142. The van der Waals surface area contributed by atoms with Crippen LogP contribution in [0.15, 0.2) is 0 Å². The predicted molar refractivity (Wildman–Crippen MR) is 84.9 cm³/mol. The number of nitrogens with one attached hydrogen (secondary N) is 1. The van der Waals surface area contributed by atoms with Gasteiger partial charge in [0.05, 0.1) is 13.1 Å². The number of likely N-dealkylation sites (N-methyl/N-ethyl adjacent to an activating group) is 1. The van der Waals surface area contributed by atoms with Crippen LogP contribution >= 0.6 is 0 Å². The van der Waals surface area contributed by atoms with Crippen molar-refractivity contribution in [1.29, 1.82) is 0 Å². The highest BCUT2D eigenvalue weighted by Gasteiger charge is 2.25. The molecule has 1 heterocycles. The Bertz CT molecular complexity index is 366. The van der Waals surface area contributed by atoms with Crippen molar-refractivity contribution in [2.24, 2.45) is 11.8 Å². The van der Waals surface area contributed by atoms with Crippen LogP contribution in [0.4, 0.5) is 0 Å². The molecule has 0 aliphatic carbocycles. The summed E-state index contributed by atoms with van der Waals surface area (Å²) < 4.78 is 0. The maximum absolute atomic E-state index is 12.2. The first-order chi connectivity index (χ1) is 9.56. The number of rotatable bonds is 4. The van der Waals surface area contributed by atoms with Crippen LogP contribution in [0.3, 0.4) is 0 Å². The van der Waals surface area contributed by atoms with E-state index in [0.717, 1.165) is 13.1 Å². The van der Waals surface area contributed by atoms with Crippen molar-refractivity contribution in [2.75, 3.05) is 33.2 Å². The number of amides is 2. The lowest BCUT2D eigenvalue weighted by Gasteiger charge is -2.35. The fourth-order valence-corrected chi connectivity index (χ4v) is 2.99. The number of likely N-dealkylation sites (tertiary alicyclic amines) is 1. The van der Waals surface area contributed by atoms with Crippen LogP contribution in [-0.4, -0.2) is 60.4 Å². The van der Waals surface area contributed by atoms with Crippen molar-refractivity contribution < 1.29 is 9.59 Å². The third kappa shape index (κ3) is 6.93. The monoisotopic (exact) mass is 297 g/mol. The normalized spacial score (nSPS) is 23.7. The Kier molecular flexibility index (Phi) is 6.20. The third-order valence-electron chi connectivity index (χ3n) is 3.62. The second kappa shape index (κ2) is 7.25. The van der Waals surface area contributed by atoms with Crippen LogP contribution in [0.1, 0.15) is 41.0 Å². The van der Waals surface area contributed by atoms with Gasteiger partial charge < -0.3 is 10.2 Å². The van der Waals surface area contributed by atoms with E-state index in [1.54, 1.807) is 7.05 Å². The van der Waals surface area contributed by atoms with Crippen molar-refractivity contribution in [3.63, 3.8) is 0 Å². The minimum atomic E-state index is -0.265. The van der Waals surface area contributed by atoms with Gasteiger partial charge in [-0.25, -0.2) is 0 Å². The van der Waals surface area contributed by atoms with E-state index in [1.165, 1.54) is 11.3 Å². The summed E-state index contributed by atoms with van der Waals surface area (Å²) in [6, 6.07) is 0. The standard InChI is InChI=1S/C16H31N3O2/c1-12-7-13(2)9-19(8-12)11-15(21)18(6)10-14(20)17-16(3,4)5/h12-13H,7-11H2,1-6H3,(H,17,20)/t12-,13-/m0/s1. The molecule has 1 rings (SSSR count). The molecule has 0 aromatic rings. The van der Waals surface area contributed by atoms with Crippen LogP contribution in [0.5, 0.6) is 0 Å². The molecule has 2 atom stereocenters. The molecular formula is C16H31N3O2. The lowest BCUT2D eigenvalue weighted by molar-refractivity contribution is -0.136. The van der Waals surface area contributed by atoms with Crippen molar-refractivity contribution >= 4 is 11.8 Å². The lowest BCUT2D eigenvalue weighted by Crippen LogP contribution is -2.49. The molecule has 1 aliphatic rings. The Morgan fingerprint density at radius 3 is 2.19 bits per heavy atom. The fourth-order valence-electron chi connectivity index (χ4n) is 2.99. The van der Waals surface area contributed by atoms with E-state index < -0.39 is 0 Å². The molecule has 0 radical (unpaired) electrons. The summed E-state index contributed by atoms with van der Waals surface area (Å²) in [5.41, 5.74) is -0.265. The zero-order valence-corrected chi connectivity index (χ0v) is 14.4. The molecule has 5 heteroatoms. The molecule has 0 saturated carbocycles. The van der Waals surface area contributed by atoms with Gasteiger partial charge in [0.25, 0.3) is 0 Å². The summed E-state index contributed by atoms with van der Waals surface area (Å²) >= 11 is 0. The second-order valence-corrected chi connectivity index (χ2v) is 7.69. The fraction of sp³-hybridized carbons (Fsp3) is 0.875. The van der Waals surface area contributed by atoms with Gasteiger partial charge in [-0.3, -0.25) is 14.5 Å². The lowest BCUT2D eigenvalue weighted by atomic mass is 9.92. The first-order valence-electron chi connectivity index (χ1n) is 7.84. The smallest absolute Gasteiger partial charge is 0.240 e. The predicted octanol–water partition coefficient (Wildman–Crippen LogP) is 1.34. The second-order valence-electron chi connectivity index (χ2n) is 7.69. The molecule has 0 bridgehead atoms. The van der Waals surface area contributed by atoms with E-state index in [2.05, 4.69) is 24.1 Å². The quantitative estimate of drug-likeness (QED) is 0.852. The van der Waals surface area contributed by atoms with Gasteiger partial charge in [-0.05, 0) is 39.0 Å². The SMILES string of the molecule is C[C@H]1C[C@H](C)CN(CC(=O)N(C)CC(=O)NC(C)(C)C)C1. The van der Waals surface area contributed by atoms with Crippen molar-refractivity contribution in [3.8, 4) is 0 Å². The van der Waals surface area contributed by atoms with E-state index in [9.17, 15) is 9.59 Å². The Morgan fingerprint density at radius 1 is 1.19 bits per heavy atom. The van der Waals surface area contributed by atoms with E-state index in [0.29, 0.717) is 18.4 Å². The zero-order valence-electron chi connectivity index (χ0n) is 14.4. The largest absolute Gasteiger partial charge is 0.350 e. The molecule has 2 amide bonds. The van der Waals surface area contributed by atoms with Gasteiger partial charge in [-0.2, -0.15) is 0 Å². The molecule has 5 nitrogen and oxygen atoms in total. The van der Waals surface area contributed by atoms with Gasteiger partial charge in [-0.15, -0.1) is 0 Å². The van der Waals surface area contributed by atoms with Crippen molar-refractivity contribution in [3.05, 3.63) is 0 Å². The van der Waals surface area contributed by atoms with Crippen LogP contribution < -0.4 is 5.32 Å². The minimum Gasteiger partial charge on any atom is -0.350 e. The average molecular weight is 297 g/mol. The average Bonchev–Trinajstić information content (AvgIpc) is 2.24. The third-order valence-corrected chi connectivity index (χ3v) is 3.62. The van der Waals surface area contributed by atoms with Gasteiger partial charge in [0, 0.05) is 25.7 Å². The van der Waals surface area contributed by atoms with Crippen LogP contribution in [-0.2, 0) is 9.59 Å². The van der Waals surface area contributed by atoms with E-state index in [1.807, 2.05) is 20.8 Å². The molecule has 0 aromatic carbocycles. The first kappa shape index (κ1) is 18.0. The Labute approximate surface area is 129 Å². The molecular weight excluding hydrogens is 266 g/mol. The molecule has 0 spiro atoms. The molecule has 0 aromatic heterocycles. The summed E-state index contributed by atoms with van der Waals surface area (Å²) in [5, 5.41) is 2.88. The van der Waals surface area contributed by atoms with Crippen LogP contribution in [0.25, 0.3) is 0 Å². The van der Waals surface area contributed by atoms with Crippen molar-refractivity contribution in [1.82, 2.24) is 15.1 Å². The summed E-state index contributed by atoms with van der Waals surface area (Å²) in [5.74, 6) is 1.17. The molecule has 0 unspecified atom stereocenters. The highest BCUT2D eigenvalue weighted by atomic mass is 16.2. The van der Waals surface area contributed by atoms with Gasteiger partial charge in [0.1, 0.15) is 0 Å². The molecule has 21 heavy (non-hydrogen) atoms. The maximum atomic E-state index is 12.2. The number of piperidine rings is 1. The first-order valence-corrected chi connectivity index (χ1v) is 7.84. The number of hydrogen-bond donors (Lipinski definition) is 1. The Hall–Kier alpha value is -1.10. The molecule has 1 aliphatic heterocycles. The Morgan fingerprint density at radius 2 is 1.71 bits per heavy atom. The number of carbonyl (C=O) groups is 2. The molecule has 122 valence electrons. The van der Waals surface area contributed by atoms with Crippen LogP contribution in [0, 0.1) is 11.8 Å². The van der Waals surface area contributed by atoms with E-state index >= 15 is 0 Å². The van der Waals surface area contributed by atoms with Gasteiger partial charge >= 0.3 is 0 Å². The number of hydrogen-bond acceptors (Lipinski definition) is 3. The summed E-state index contributed by atoms with van der Waals surface area (Å²) in [7, 11) is 1.70. The highest BCUT2D eigenvalue weighted by Crippen LogP contribution is 2.20. The number of nitrogens with zero attached hydrogens (tertiary/aromatic N) is 2. The zero-order chi connectivity index (χ0) is 16.2. The van der Waals surface area contributed by atoms with E-state index in [4.69, 9.17) is 0 Å². The molecule has 1 fully saturated rings. The van der Waals surface area contributed by atoms with Crippen molar-refractivity contribution in [2.45, 2.75) is 46.6 Å². The van der Waals surface area contributed by atoms with Gasteiger partial charge in [-0.1, -0.05) is 13.8 Å². The molecule has 1 N–H and O–H groups in total. The molecule has 1 saturated heterocycles. The van der Waals surface area contributed by atoms with Crippen LogP contribution in [0.2, 0.25) is 0 Å². The van der Waals surface area contributed by atoms with Gasteiger partial charge in [0.15, 0.2) is 0 Å².